The highest BCUT2D eigenvalue weighted by molar-refractivity contribution is 6.43. The maximum Gasteiger partial charge on any atom is 0.475 e. The lowest BCUT2D eigenvalue weighted by atomic mass is 9.76. The van der Waals surface area contributed by atoms with Gasteiger partial charge in [-0.15, -0.1) is 0 Å². The summed E-state index contributed by atoms with van der Waals surface area (Å²) in [6, 6.07) is 8.97. The Morgan fingerprint density at radius 3 is 2.77 bits per heavy atom. The lowest BCUT2D eigenvalue weighted by Crippen LogP contribution is -2.50. The molecule has 1 aliphatic rings. The third kappa shape index (κ3) is 7.10. The molecule has 1 fully saturated rings. The second kappa shape index (κ2) is 11.4. The van der Waals surface area contributed by atoms with Crippen LogP contribution in [-0.2, 0) is 16.0 Å². The molecule has 1 aromatic heterocycles. The number of nitriles is 1. The number of alkyl carbamates (subject to hydrolysis) is 1. The SMILES string of the molecule is CC(C)(C)C=C(C#N)C(=O)N1CCCC[C@@H]1COC(=O)NC(Cc1coc2ccccc12)B(O)O. The molecule has 9 nitrogen and oxygen atoms in total. The fourth-order valence-corrected chi connectivity index (χ4v) is 4.19. The number of rotatable bonds is 7. The van der Waals surface area contributed by atoms with Crippen molar-refractivity contribution in [3.63, 3.8) is 0 Å². The number of benzene rings is 1. The van der Waals surface area contributed by atoms with Gasteiger partial charge < -0.3 is 29.4 Å². The van der Waals surface area contributed by atoms with Crippen LogP contribution < -0.4 is 5.32 Å². The number of nitrogens with one attached hydrogen (secondary N) is 1. The van der Waals surface area contributed by atoms with E-state index in [1.165, 1.54) is 6.26 Å². The van der Waals surface area contributed by atoms with Crippen LogP contribution in [0.25, 0.3) is 11.0 Å². The number of para-hydroxylation sites is 1. The van der Waals surface area contributed by atoms with E-state index >= 15 is 0 Å². The third-order valence-electron chi connectivity index (χ3n) is 5.89. The zero-order valence-corrected chi connectivity index (χ0v) is 20.4. The Labute approximate surface area is 205 Å². The van der Waals surface area contributed by atoms with Crippen molar-refractivity contribution in [1.29, 1.82) is 5.26 Å². The molecule has 1 unspecified atom stereocenters. The summed E-state index contributed by atoms with van der Waals surface area (Å²) >= 11 is 0. The second-order valence-corrected chi connectivity index (χ2v) is 9.91. The zero-order valence-electron chi connectivity index (χ0n) is 20.4. The van der Waals surface area contributed by atoms with Crippen molar-refractivity contribution in [3.05, 3.63) is 47.7 Å². The molecule has 10 heteroatoms. The van der Waals surface area contributed by atoms with Crippen LogP contribution in [0.5, 0.6) is 0 Å². The molecule has 2 aromatic rings. The molecule has 0 bridgehead atoms. The van der Waals surface area contributed by atoms with E-state index in [2.05, 4.69) is 5.32 Å². The monoisotopic (exact) mass is 481 g/mol. The van der Waals surface area contributed by atoms with Gasteiger partial charge in [-0.1, -0.05) is 45.0 Å². The Kier molecular flexibility index (Phi) is 8.59. The second-order valence-electron chi connectivity index (χ2n) is 9.91. The first-order valence-corrected chi connectivity index (χ1v) is 11.8. The number of ether oxygens (including phenoxy) is 1. The number of likely N-dealkylation sites (tertiary alicyclic amines) is 1. The van der Waals surface area contributed by atoms with E-state index in [0.29, 0.717) is 18.5 Å². The van der Waals surface area contributed by atoms with E-state index in [4.69, 9.17) is 9.15 Å². The van der Waals surface area contributed by atoms with Gasteiger partial charge in [0.05, 0.1) is 18.2 Å². The van der Waals surface area contributed by atoms with Gasteiger partial charge in [0.1, 0.15) is 23.8 Å². The summed E-state index contributed by atoms with van der Waals surface area (Å²) in [4.78, 5) is 27.1. The molecule has 1 aliphatic heterocycles. The molecule has 2 heterocycles. The maximum atomic E-state index is 13.0. The number of nitrogens with zero attached hydrogens (tertiary/aromatic N) is 2. The van der Waals surface area contributed by atoms with Crippen LogP contribution in [0.4, 0.5) is 4.79 Å². The van der Waals surface area contributed by atoms with Crippen LogP contribution in [0.2, 0.25) is 0 Å². The highest BCUT2D eigenvalue weighted by Crippen LogP contribution is 2.24. The smallest absolute Gasteiger partial charge is 0.464 e. The molecular weight excluding hydrogens is 449 g/mol. The van der Waals surface area contributed by atoms with Crippen molar-refractivity contribution in [2.24, 2.45) is 5.41 Å². The molecule has 2 amide bonds. The van der Waals surface area contributed by atoms with Crippen LogP contribution in [-0.4, -0.2) is 59.2 Å². The largest absolute Gasteiger partial charge is 0.475 e. The van der Waals surface area contributed by atoms with E-state index in [1.807, 2.05) is 45.0 Å². The number of fused-ring (bicyclic) bond motifs is 1. The fraction of sp³-hybridized carbons (Fsp3) is 0.480. The Morgan fingerprint density at radius 1 is 1.34 bits per heavy atom. The van der Waals surface area contributed by atoms with Gasteiger partial charge in [0, 0.05) is 11.9 Å². The van der Waals surface area contributed by atoms with Gasteiger partial charge in [0.2, 0.25) is 0 Å². The Bertz CT molecular complexity index is 1110. The predicted molar refractivity (Wildman–Crippen MR) is 131 cm³/mol. The van der Waals surface area contributed by atoms with Crippen molar-refractivity contribution < 1.29 is 28.8 Å². The lowest BCUT2D eigenvalue weighted by molar-refractivity contribution is -0.131. The van der Waals surface area contributed by atoms with Crippen LogP contribution in [0.3, 0.4) is 0 Å². The van der Waals surface area contributed by atoms with E-state index in [1.54, 1.807) is 17.0 Å². The summed E-state index contributed by atoms with van der Waals surface area (Å²) in [6.45, 7) is 6.16. The van der Waals surface area contributed by atoms with E-state index in [-0.39, 0.29) is 36.0 Å². The minimum Gasteiger partial charge on any atom is -0.464 e. The van der Waals surface area contributed by atoms with Crippen molar-refractivity contribution in [1.82, 2.24) is 10.2 Å². The third-order valence-corrected chi connectivity index (χ3v) is 5.89. The van der Waals surface area contributed by atoms with Crippen LogP contribution in [0.1, 0.15) is 45.6 Å². The van der Waals surface area contributed by atoms with Crippen molar-refractivity contribution in [2.75, 3.05) is 13.2 Å². The maximum absolute atomic E-state index is 13.0. The van der Waals surface area contributed by atoms with E-state index < -0.39 is 19.2 Å². The molecule has 3 N–H and O–H groups in total. The standard InChI is InChI=1S/C25H32BN3O6/c1-25(2,3)13-18(14-27)23(30)29-11-7-6-8-19(29)16-35-24(31)28-22(26(32)33)12-17-15-34-21-10-5-4-9-20(17)21/h4-5,9-10,13,15,19,22,32-33H,6-8,11-12,16H2,1-3H3,(H,28,31)/t19-,22?/m1/s1. The van der Waals surface area contributed by atoms with Gasteiger partial charge in [-0.3, -0.25) is 4.79 Å². The molecule has 1 aromatic carbocycles. The lowest BCUT2D eigenvalue weighted by Gasteiger charge is -2.35. The summed E-state index contributed by atoms with van der Waals surface area (Å²) in [5.74, 6) is -1.39. The van der Waals surface area contributed by atoms with E-state index in [9.17, 15) is 24.9 Å². The number of piperidine rings is 1. The summed E-state index contributed by atoms with van der Waals surface area (Å²) in [5, 5.41) is 32.4. The molecule has 3 rings (SSSR count). The summed E-state index contributed by atoms with van der Waals surface area (Å²) in [5.41, 5.74) is 1.13. The average Bonchev–Trinajstić information content (AvgIpc) is 3.22. The topological polar surface area (TPSA) is 136 Å². The summed E-state index contributed by atoms with van der Waals surface area (Å²) in [7, 11) is -1.82. The molecule has 0 radical (unpaired) electrons. The minimum absolute atomic E-state index is 0.0608. The van der Waals surface area contributed by atoms with Crippen LogP contribution >= 0.6 is 0 Å². The van der Waals surface area contributed by atoms with Crippen molar-refractivity contribution in [3.8, 4) is 6.07 Å². The van der Waals surface area contributed by atoms with Gasteiger partial charge >= 0.3 is 13.2 Å². The highest BCUT2D eigenvalue weighted by atomic mass is 16.5. The molecule has 0 aliphatic carbocycles. The first kappa shape index (κ1) is 26.3. The average molecular weight is 481 g/mol. The normalized spacial score (nSPS) is 17.5. The van der Waals surface area contributed by atoms with Crippen LogP contribution in [0, 0.1) is 16.7 Å². The van der Waals surface area contributed by atoms with Gasteiger partial charge in [-0.05, 0) is 42.7 Å². The minimum atomic E-state index is -1.82. The zero-order chi connectivity index (χ0) is 25.6. The highest BCUT2D eigenvalue weighted by Gasteiger charge is 2.32. The molecule has 35 heavy (non-hydrogen) atoms. The molecule has 186 valence electrons. The predicted octanol–water partition coefficient (Wildman–Crippen LogP) is 2.96. The number of carbonyl (C=O) groups excluding carboxylic acids is 2. The molecule has 0 spiro atoms. The first-order valence-electron chi connectivity index (χ1n) is 11.8. The molecule has 1 saturated heterocycles. The Hall–Kier alpha value is -3.29. The van der Waals surface area contributed by atoms with Crippen molar-refractivity contribution >= 4 is 30.1 Å². The summed E-state index contributed by atoms with van der Waals surface area (Å²) in [6.07, 6.45) is 4.80. The number of amides is 2. The van der Waals surface area contributed by atoms with Gasteiger partial charge in [-0.25, -0.2) is 4.79 Å². The van der Waals surface area contributed by atoms with Crippen molar-refractivity contribution in [2.45, 2.75) is 58.4 Å². The Morgan fingerprint density at radius 2 is 2.09 bits per heavy atom. The summed E-state index contributed by atoms with van der Waals surface area (Å²) < 4.78 is 10.9. The number of carbonyl (C=O) groups is 2. The van der Waals surface area contributed by atoms with Crippen LogP contribution in [0.15, 0.2) is 46.6 Å². The van der Waals surface area contributed by atoms with Gasteiger partial charge in [-0.2, -0.15) is 5.26 Å². The van der Waals surface area contributed by atoms with Gasteiger partial charge in [0.25, 0.3) is 5.91 Å². The molecular formula is C25H32BN3O6. The first-order chi connectivity index (χ1) is 16.6. The number of hydrogen-bond acceptors (Lipinski definition) is 7. The fourth-order valence-electron chi connectivity index (χ4n) is 4.19. The van der Waals surface area contributed by atoms with Gasteiger partial charge in [0.15, 0.2) is 0 Å². The Balaban J connectivity index is 1.62. The number of furan rings is 1. The van der Waals surface area contributed by atoms with E-state index in [0.717, 1.165) is 23.8 Å². The quantitative estimate of drug-likeness (QED) is 0.314. The number of hydrogen-bond donors (Lipinski definition) is 3. The molecule has 0 saturated carbocycles. The molecule has 2 atom stereocenters. The number of allylic oxidation sites excluding steroid dienone is 1.